The van der Waals surface area contributed by atoms with E-state index in [-0.39, 0.29) is 25.2 Å². The number of unbranched alkanes of at least 4 members (excludes halogenated alkanes) is 1. The smallest absolute Gasteiger partial charge is 0.328 e. The third kappa shape index (κ3) is 12.7. The van der Waals surface area contributed by atoms with E-state index in [0.29, 0.717) is 25.8 Å². The largest absolute Gasteiger partial charge is 0.480 e. The molecule has 4 unspecified atom stereocenters. The number of nitrogens with two attached hydrogens (primary N) is 3. The Balaban J connectivity index is 5.47. The first kappa shape index (κ1) is 30.2. The predicted molar refractivity (Wildman–Crippen MR) is 119 cm³/mol. The van der Waals surface area contributed by atoms with Crippen LogP contribution in [-0.2, 0) is 24.0 Å². The maximum atomic E-state index is 12.9. The lowest BCUT2D eigenvalue weighted by Crippen LogP contribution is -2.57. The van der Waals surface area contributed by atoms with Gasteiger partial charge in [0.15, 0.2) is 0 Å². The standard InChI is InChI=1S/C20H38N6O7/c1-11(2)9-12(22)17(29)24-13(5-3-4-8-21)18(30)25-14(6-7-16(23)28)19(31)26-15(10-27)20(32)33/h11-15,27H,3-10,21-22H2,1-2H3,(H2,23,28)(H,24,29)(H,25,30)(H,26,31)(H,32,33). The van der Waals surface area contributed by atoms with Crippen molar-refractivity contribution in [3.63, 3.8) is 0 Å². The van der Waals surface area contributed by atoms with Gasteiger partial charge in [0, 0.05) is 6.42 Å². The fourth-order valence-corrected chi connectivity index (χ4v) is 2.94. The van der Waals surface area contributed by atoms with Crippen molar-refractivity contribution in [3.8, 4) is 0 Å². The lowest BCUT2D eigenvalue weighted by Gasteiger charge is -2.25. The Labute approximate surface area is 193 Å². The van der Waals surface area contributed by atoms with E-state index in [9.17, 15) is 24.0 Å². The molecule has 0 aromatic rings. The molecule has 4 amide bonds. The minimum Gasteiger partial charge on any atom is -0.480 e. The van der Waals surface area contributed by atoms with E-state index in [1.807, 2.05) is 13.8 Å². The third-order valence-corrected chi connectivity index (χ3v) is 4.75. The Kier molecular flexibility index (Phi) is 14.6. The van der Waals surface area contributed by atoms with Gasteiger partial charge in [-0.1, -0.05) is 13.8 Å². The predicted octanol–water partition coefficient (Wildman–Crippen LogP) is -2.71. The van der Waals surface area contributed by atoms with Crippen LogP contribution in [-0.4, -0.2) is 77.1 Å². The highest BCUT2D eigenvalue weighted by Gasteiger charge is 2.30. The molecule has 0 aliphatic rings. The number of amides is 4. The maximum absolute atomic E-state index is 12.9. The number of carboxylic acids is 1. The molecule has 0 heterocycles. The number of primary amides is 1. The first-order valence-electron chi connectivity index (χ1n) is 10.9. The SMILES string of the molecule is CC(C)CC(N)C(=O)NC(CCCCN)C(=O)NC(CCC(N)=O)C(=O)NC(CO)C(=O)O. The van der Waals surface area contributed by atoms with E-state index in [1.54, 1.807) is 0 Å². The fourth-order valence-electron chi connectivity index (χ4n) is 2.94. The Morgan fingerprint density at radius 1 is 0.848 bits per heavy atom. The summed E-state index contributed by atoms with van der Waals surface area (Å²) in [5.41, 5.74) is 16.5. The van der Waals surface area contributed by atoms with E-state index < -0.39 is 60.4 Å². The van der Waals surface area contributed by atoms with Crippen molar-refractivity contribution >= 4 is 29.6 Å². The van der Waals surface area contributed by atoms with Gasteiger partial charge in [0.05, 0.1) is 12.6 Å². The van der Waals surface area contributed by atoms with Crippen molar-refractivity contribution in [2.45, 2.75) is 76.5 Å². The van der Waals surface area contributed by atoms with E-state index in [1.165, 1.54) is 0 Å². The van der Waals surface area contributed by atoms with Gasteiger partial charge in [-0.3, -0.25) is 19.2 Å². The zero-order chi connectivity index (χ0) is 25.6. The van der Waals surface area contributed by atoms with Crippen LogP contribution in [0, 0.1) is 5.92 Å². The molecule has 0 saturated carbocycles. The van der Waals surface area contributed by atoms with Crippen LogP contribution in [0.5, 0.6) is 0 Å². The van der Waals surface area contributed by atoms with Gasteiger partial charge in [-0.2, -0.15) is 0 Å². The second kappa shape index (κ2) is 15.9. The number of nitrogens with one attached hydrogen (secondary N) is 3. The molecule has 11 N–H and O–H groups in total. The second-order valence-corrected chi connectivity index (χ2v) is 8.23. The lowest BCUT2D eigenvalue weighted by molar-refractivity contribution is -0.143. The molecule has 0 aromatic carbocycles. The van der Waals surface area contributed by atoms with Gasteiger partial charge in [-0.25, -0.2) is 4.79 Å². The van der Waals surface area contributed by atoms with Crippen LogP contribution < -0.4 is 33.2 Å². The Morgan fingerprint density at radius 3 is 1.82 bits per heavy atom. The highest BCUT2D eigenvalue weighted by atomic mass is 16.4. The summed E-state index contributed by atoms with van der Waals surface area (Å²) in [7, 11) is 0. The number of aliphatic hydroxyl groups is 1. The summed E-state index contributed by atoms with van der Waals surface area (Å²) in [6.07, 6.45) is 1.27. The van der Waals surface area contributed by atoms with Crippen molar-refractivity contribution in [2.75, 3.05) is 13.2 Å². The van der Waals surface area contributed by atoms with Crippen molar-refractivity contribution in [3.05, 3.63) is 0 Å². The van der Waals surface area contributed by atoms with Crippen LogP contribution in [0.2, 0.25) is 0 Å². The molecule has 13 nitrogen and oxygen atoms in total. The average Bonchev–Trinajstić information content (AvgIpc) is 2.72. The minimum absolute atomic E-state index is 0.158. The van der Waals surface area contributed by atoms with Crippen molar-refractivity contribution in [2.24, 2.45) is 23.1 Å². The first-order valence-corrected chi connectivity index (χ1v) is 10.9. The highest BCUT2D eigenvalue weighted by molar-refractivity contribution is 5.94. The van der Waals surface area contributed by atoms with Gasteiger partial charge < -0.3 is 43.4 Å². The molecule has 0 rings (SSSR count). The average molecular weight is 475 g/mol. The molecule has 33 heavy (non-hydrogen) atoms. The van der Waals surface area contributed by atoms with Crippen LogP contribution in [0.1, 0.15) is 52.4 Å². The molecule has 0 radical (unpaired) electrons. The van der Waals surface area contributed by atoms with Crippen molar-refractivity contribution in [1.29, 1.82) is 0 Å². The third-order valence-electron chi connectivity index (χ3n) is 4.75. The molecule has 0 aliphatic carbocycles. The van der Waals surface area contributed by atoms with Crippen LogP contribution in [0.25, 0.3) is 0 Å². The summed E-state index contributed by atoms with van der Waals surface area (Å²) < 4.78 is 0. The molecule has 0 aliphatic heterocycles. The molecular formula is C20H38N6O7. The molecule has 4 atom stereocenters. The van der Waals surface area contributed by atoms with Gasteiger partial charge >= 0.3 is 5.97 Å². The molecule has 0 bridgehead atoms. The Bertz CT molecular complexity index is 673. The molecule has 0 fully saturated rings. The van der Waals surface area contributed by atoms with Crippen LogP contribution >= 0.6 is 0 Å². The maximum Gasteiger partial charge on any atom is 0.328 e. The molecular weight excluding hydrogens is 436 g/mol. The van der Waals surface area contributed by atoms with Crippen molar-refractivity contribution < 1.29 is 34.2 Å². The highest BCUT2D eigenvalue weighted by Crippen LogP contribution is 2.07. The molecule has 13 heteroatoms. The van der Waals surface area contributed by atoms with Gasteiger partial charge in [-0.05, 0) is 44.6 Å². The molecule has 0 aromatic heterocycles. The van der Waals surface area contributed by atoms with Crippen LogP contribution in [0.3, 0.4) is 0 Å². The summed E-state index contributed by atoms with van der Waals surface area (Å²) in [6.45, 7) is 3.31. The normalized spacial score (nSPS) is 14.6. The van der Waals surface area contributed by atoms with Gasteiger partial charge in [-0.15, -0.1) is 0 Å². The van der Waals surface area contributed by atoms with Crippen molar-refractivity contribution in [1.82, 2.24) is 16.0 Å². The quantitative estimate of drug-likeness (QED) is 0.102. The van der Waals surface area contributed by atoms with E-state index in [0.717, 1.165) is 0 Å². The van der Waals surface area contributed by atoms with Gasteiger partial charge in [0.25, 0.3) is 0 Å². The fraction of sp³-hybridized carbons (Fsp3) is 0.750. The molecule has 0 saturated heterocycles. The minimum atomic E-state index is -1.60. The number of hydrogen-bond donors (Lipinski definition) is 8. The number of hydrogen-bond acceptors (Lipinski definition) is 8. The van der Waals surface area contributed by atoms with Gasteiger partial charge in [0.1, 0.15) is 18.1 Å². The number of aliphatic carboxylic acids is 1. The summed E-state index contributed by atoms with van der Waals surface area (Å²) >= 11 is 0. The monoisotopic (exact) mass is 474 g/mol. The topological polar surface area (TPSA) is 240 Å². The van der Waals surface area contributed by atoms with E-state index in [4.69, 9.17) is 27.4 Å². The number of aliphatic hydroxyl groups excluding tert-OH is 1. The number of carboxylic acid groups (broad SMARTS) is 1. The zero-order valence-electron chi connectivity index (χ0n) is 19.2. The van der Waals surface area contributed by atoms with Gasteiger partial charge in [0.2, 0.25) is 23.6 Å². The Hall–Kier alpha value is -2.77. The van der Waals surface area contributed by atoms with Crippen LogP contribution in [0.4, 0.5) is 0 Å². The molecule has 0 spiro atoms. The first-order chi connectivity index (χ1) is 15.4. The summed E-state index contributed by atoms with van der Waals surface area (Å²) in [4.78, 5) is 60.1. The zero-order valence-corrected chi connectivity index (χ0v) is 19.2. The number of carbonyl (C=O) groups excluding carboxylic acids is 4. The van der Waals surface area contributed by atoms with E-state index in [2.05, 4.69) is 16.0 Å². The second-order valence-electron chi connectivity index (χ2n) is 8.23. The molecule has 190 valence electrons. The lowest BCUT2D eigenvalue weighted by atomic mass is 10.0. The summed E-state index contributed by atoms with van der Waals surface area (Å²) in [6, 6.07) is -4.78. The van der Waals surface area contributed by atoms with Crippen LogP contribution in [0.15, 0.2) is 0 Å². The summed E-state index contributed by atoms with van der Waals surface area (Å²) in [5.74, 6) is -4.21. The Morgan fingerprint density at radius 2 is 1.36 bits per heavy atom. The van der Waals surface area contributed by atoms with E-state index >= 15 is 0 Å². The number of rotatable bonds is 17. The summed E-state index contributed by atoms with van der Waals surface area (Å²) in [5, 5.41) is 25.2. The number of carbonyl (C=O) groups is 5.